The van der Waals surface area contributed by atoms with Gasteiger partial charge in [-0.2, -0.15) is 0 Å². The maximum Gasteiger partial charge on any atom is 0.338 e. The second-order valence-corrected chi connectivity index (χ2v) is 11.7. The van der Waals surface area contributed by atoms with Crippen LogP contribution in [0.3, 0.4) is 0 Å². The van der Waals surface area contributed by atoms with Crippen molar-refractivity contribution in [3.05, 3.63) is 71.8 Å². The maximum absolute atomic E-state index is 14.2. The smallest absolute Gasteiger partial charge is 0.338 e. The monoisotopic (exact) mass is 519 g/mol. The zero-order valence-electron chi connectivity index (χ0n) is 21.4. The van der Waals surface area contributed by atoms with E-state index in [2.05, 4.69) is 0 Å². The van der Waals surface area contributed by atoms with Gasteiger partial charge in [0.15, 0.2) is 12.3 Å². The number of carbonyl (C=O) groups is 4. The Morgan fingerprint density at radius 2 is 1.66 bits per heavy atom. The maximum atomic E-state index is 14.2. The summed E-state index contributed by atoms with van der Waals surface area (Å²) in [4.78, 5) is 55.4. The molecule has 1 saturated carbocycles. The van der Waals surface area contributed by atoms with Gasteiger partial charge in [0, 0.05) is 13.0 Å². The molecule has 0 unspecified atom stereocenters. The molecule has 3 saturated heterocycles. The quantitative estimate of drug-likeness (QED) is 0.484. The van der Waals surface area contributed by atoms with Gasteiger partial charge in [-0.15, -0.1) is 0 Å². The van der Waals surface area contributed by atoms with E-state index in [4.69, 9.17) is 14.2 Å². The molecule has 4 fully saturated rings. The Kier molecular flexibility index (Phi) is 5.11. The molecule has 2 spiro atoms. The van der Waals surface area contributed by atoms with Crippen molar-refractivity contribution in [3.63, 3.8) is 0 Å². The number of ether oxygens (including phenoxy) is 3. The summed E-state index contributed by atoms with van der Waals surface area (Å²) < 4.78 is 17.5. The predicted molar refractivity (Wildman–Crippen MR) is 131 cm³/mol. The minimum Gasteiger partial charge on any atom is -0.461 e. The zero-order chi connectivity index (χ0) is 27.1. The number of benzene rings is 2. The number of nitrogens with zero attached hydrogens (tertiary/aromatic N) is 1. The first-order chi connectivity index (χ1) is 18.0. The summed E-state index contributed by atoms with van der Waals surface area (Å²) in [6, 6.07) is 17.3. The van der Waals surface area contributed by atoms with Crippen LogP contribution in [-0.2, 0) is 35.1 Å². The lowest BCUT2D eigenvalue weighted by atomic mass is 9.52. The summed E-state index contributed by atoms with van der Waals surface area (Å²) in [6.07, 6.45) is -4.38. The second kappa shape index (κ2) is 7.89. The van der Waals surface area contributed by atoms with Crippen molar-refractivity contribution in [3.8, 4) is 0 Å². The Labute approximate surface area is 219 Å². The number of rotatable bonds is 4. The van der Waals surface area contributed by atoms with Crippen molar-refractivity contribution in [2.24, 2.45) is 16.2 Å². The molecule has 38 heavy (non-hydrogen) atoms. The molecule has 9 nitrogen and oxygen atoms in total. The van der Waals surface area contributed by atoms with E-state index in [0.717, 1.165) is 5.56 Å². The number of likely N-dealkylation sites (tertiary alicyclic amines) is 1. The van der Waals surface area contributed by atoms with Gasteiger partial charge in [0.2, 0.25) is 0 Å². The SMILES string of the molecule is CC(C)(C)[C@]1(O)C[C@@H]2OC(=O)C[C@@]23C(=O)O[C@@H]2N(Cc4ccccc4)C(=O)[C@H](OC(=O)c4ccccc4)[C@]213. The molecule has 0 aromatic heterocycles. The van der Waals surface area contributed by atoms with Crippen LogP contribution in [0.2, 0.25) is 0 Å². The lowest BCUT2D eigenvalue weighted by Crippen LogP contribution is -2.66. The van der Waals surface area contributed by atoms with E-state index >= 15 is 0 Å². The molecule has 1 aliphatic carbocycles. The third-order valence-corrected chi connectivity index (χ3v) is 9.00. The van der Waals surface area contributed by atoms with E-state index in [1.54, 1.807) is 51.1 Å². The normalized spacial score (nSPS) is 35.4. The van der Waals surface area contributed by atoms with Crippen LogP contribution in [0, 0.1) is 16.2 Å². The highest BCUT2D eigenvalue weighted by Gasteiger charge is 2.93. The first kappa shape index (κ1) is 24.6. The molecule has 9 heteroatoms. The average Bonchev–Trinajstić information content (AvgIpc) is 3.49. The van der Waals surface area contributed by atoms with Crippen LogP contribution in [-0.4, -0.2) is 57.9 Å². The molecule has 0 radical (unpaired) electrons. The predicted octanol–water partition coefficient (Wildman–Crippen LogP) is 2.61. The van der Waals surface area contributed by atoms with Crippen LogP contribution >= 0.6 is 0 Å². The number of amides is 1. The van der Waals surface area contributed by atoms with Gasteiger partial charge in [-0.1, -0.05) is 69.3 Å². The summed E-state index contributed by atoms with van der Waals surface area (Å²) in [5.41, 5.74) is -5.23. The first-order valence-electron chi connectivity index (χ1n) is 12.7. The van der Waals surface area contributed by atoms with Gasteiger partial charge in [0.25, 0.3) is 5.91 Å². The molecule has 1 N–H and O–H groups in total. The van der Waals surface area contributed by atoms with Gasteiger partial charge in [0.05, 0.1) is 17.6 Å². The number of aliphatic hydroxyl groups is 1. The fourth-order valence-electron chi connectivity index (χ4n) is 7.28. The molecule has 198 valence electrons. The van der Waals surface area contributed by atoms with Crippen molar-refractivity contribution in [1.82, 2.24) is 4.90 Å². The minimum atomic E-state index is -1.79. The van der Waals surface area contributed by atoms with E-state index in [9.17, 15) is 24.3 Å². The fraction of sp³-hybridized carbons (Fsp3) is 0.448. The molecular weight excluding hydrogens is 490 g/mol. The Morgan fingerprint density at radius 1 is 1.03 bits per heavy atom. The second-order valence-electron chi connectivity index (χ2n) is 11.7. The molecule has 1 amide bonds. The van der Waals surface area contributed by atoms with Gasteiger partial charge in [0.1, 0.15) is 16.9 Å². The highest BCUT2D eigenvalue weighted by atomic mass is 16.6. The van der Waals surface area contributed by atoms with Gasteiger partial charge in [-0.05, 0) is 23.1 Å². The van der Waals surface area contributed by atoms with Gasteiger partial charge >= 0.3 is 17.9 Å². The lowest BCUT2D eigenvalue weighted by molar-refractivity contribution is -0.212. The van der Waals surface area contributed by atoms with E-state index in [-0.39, 0.29) is 24.9 Å². The van der Waals surface area contributed by atoms with E-state index in [1.807, 2.05) is 30.3 Å². The lowest BCUT2D eigenvalue weighted by Gasteiger charge is -2.51. The van der Waals surface area contributed by atoms with Crippen molar-refractivity contribution in [2.45, 2.75) is 64.2 Å². The summed E-state index contributed by atoms with van der Waals surface area (Å²) in [5, 5.41) is 12.6. The first-order valence-corrected chi connectivity index (χ1v) is 12.7. The highest BCUT2D eigenvalue weighted by molar-refractivity contribution is 5.99. The minimum absolute atomic E-state index is 0.0501. The molecule has 2 aromatic carbocycles. The standard InChI is InChI=1S/C29H29NO8/c1-26(2,3)28(35)14-19-27(15-20(31)36-19)25(34)38-24-29(27,28)21(37-23(33)18-12-8-5-9-13-18)22(32)30(24)16-17-10-6-4-7-11-17/h4-13,19,21,24,35H,14-16H2,1-3H3/t19-,21-,24-,27-,28+,29+/m0/s1. The van der Waals surface area contributed by atoms with Crippen LogP contribution in [0.1, 0.15) is 49.5 Å². The molecule has 6 atom stereocenters. The molecule has 0 bridgehead atoms. The third-order valence-electron chi connectivity index (χ3n) is 9.00. The average molecular weight is 520 g/mol. The van der Waals surface area contributed by atoms with Crippen LogP contribution in [0.25, 0.3) is 0 Å². The molecule has 3 heterocycles. The van der Waals surface area contributed by atoms with Crippen LogP contribution < -0.4 is 0 Å². The molecule has 6 rings (SSSR count). The van der Waals surface area contributed by atoms with Gasteiger partial charge in [-0.25, -0.2) is 4.79 Å². The van der Waals surface area contributed by atoms with Crippen LogP contribution in [0.4, 0.5) is 0 Å². The van der Waals surface area contributed by atoms with Crippen molar-refractivity contribution in [2.75, 3.05) is 0 Å². The number of hydrogen-bond acceptors (Lipinski definition) is 8. The van der Waals surface area contributed by atoms with E-state index in [1.165, 1.54) is 4.90 Å². The zero-order valence-corrected chi connectivity index (χ0v) is 21.4. The van der Waals surface area contributed by atoms with Crippen molar-refractivity contribution in [1.29, 1.82) is 0 Å². The van der Waals surface area contributed by atoms with Crippen LogP contribution in [0.15, 0.2) is 60.7 Å². The Balaban J connectivity index is 1.57. The summed E-state index contributed by atoms with van der Waals surface area (Å²) >= 11 is 0. The van der Waals surface area contributed by atoms with E-state index < -0.39 is 64.1 Å². The van der Waals surface area contributed by atoms with Gasteiger partial charge in [-0.3, -0.25) is 19.3 Å². The largest absolute Gasteiger partial charge is 0.461 e. The molecule has 3 aliphatic heterocycles. The Hall–Kier alpha value is -3.72. The number of hydrogen-bond donors (Lipinski definition) is 1. The van der Waals surface area contributed by atoms with Crippen molar-refractivity contribution >= 4 is 23.8 Å². The fourth-order valence-corrected chi connectivity index (χ4v) is 7.28. The highest BCUT2D eigenvalue weighted by Crippen LogP contribution is 2.76. The third kappa shape index (κ3) is 2.85. The molecular formula is C29H29NO8. The van der Waals surface area contributed by atoms with Crippen LogP contribution in [0.5, 0.6) is 0 Å². The van der Waals surface area contributed by atoms with Gasteiger partial charge < -0.3 is 19.3 Å². The number of esters is 3. The Morgan fingerprint density at radius 3 is 2.29 bits per heavy atom. The molecule has 2 aromatic rings. The molecule has 4 aliphatic rings. The topological polar surface area (TPSA) is 119 Å². The summed E-state index contributed by atoms with van der Waals surface area (Å²) in [5.74, 6) is -2.73. The number of carbonyl (C=O) groups excluding carboxylic acids is 4. The van der Waals surface area contributed by atoms with E-state index in [0.29, 0.717) is 0 Å². The summed E-state index contributed by atoms with van der Waals surface area (Å²) in [7, 11) is 0. The van der Waals surface area contributed by atoms with Crippen molar-refractivity contribution < 1.29 is 38.5 Å². The summed E-state index contributed by atoms with van der Waals surface area (Å²) in [6.45, 7) is 5.42. The Bertz CT molecular complexity index is 1340.